The van der Waals surface area contributed by atoms with Crippen LogP contribution >= 0.6 is 0 Å². The Hall–Kier alpha value is -1.65. The minimum atomic E-state index is 0.122. The van der Waals surface area contributed by atoms with Crippen molar-refractivity contribution in [3.8, 4) is 0 Å². The lowest BCUT2D eigenvalue weighted by atomic mass is 10.3. The van der Waals surface area contributed by atoms with Gasteiger partial charge in [0, 0.05) is 30.9 Å². The summed E-state index contributed by atoms with van der Waals surface area (Å²) in [6, 6.07) is 1.94. The summed E-state index contributed by atoms with van der Waals surface area (Å²) in [4.78, 5) is 20.0. The number of nitrogens with one attached hydrogen (secondary N) is 2. The second kappa shape index (κ2) is 8.45. The third-order valence-electron chi connectivity index (χ3n) is 2.70. The van der Waals surface area contributed by atoms with Crippen molar-refractivity contribution >= 4 is 11.9 Å². The van der Waals surface area contributed by atoms with E-state index in [1.54, 1.807) is 0 Å². The highest BCUT2D eigenvalue weighted by molar-refractivity contribution is 5.75. The van der Waals surface area contributed by atoms with Crippen molar-refractivity contribution < 1.29 is 4.79 Å². The van der Waals surface area contributed by atoms with Crippen molar-refractivity contribution in [3.63, 3.8) is 0 Å². The van der Waals surface area contributed by atoms with Crippen LogP contribution in [0.15, 0.2) is 6.07 Å². The lowest BCUT2D eigenvalue weighted by Gasteiger charge is -2.07. The monoisotopic (exact) mass is 264 g/mol. The Morgan fingerprint density at radius 1 is 1.16 bits per heavy atom. The Balaban J connectivity index is 2.18. The maximum atomic E-state index is 11.5. The van der Waals surface area contributed by atoms with Gasteiger partial charge in [-0.15, -0.1) is 0 Å². The van der Waals surface area contributed by atoms with Crippen LogP contribution in [-0.4, -0.2) is 29.0 Å². The number of unbranched alkanes of at least 4 members (excludes halogenated alkanes) is 1. The number of carbonyl (C=O) groups excluding carboxylic acids is 1. The third-order valence-corrected chi connectivity index (χ3v) is 2.70. The molecule has 0 aliphatic heterocycles. The van der Waals surface area contributed by atoms with Crippen LogP contribution in [0.1, 0.15) is 44.0 Å². The first-order chi connectivity index (χ1) is 9.11. The van der Waals surface area contributed by atoms with E-state index in [1.807, 2.05) is 19.9 Å². The second-order valence-corrected chi connectivity index (χ2v) is 4.71. The van der Waals surface area contributed by atoms with Crippen molar-refractivity contribution in [1.29, 1.82) is 0 Å². The van der Waals surface area contributed by atoms with E-state index in [-0.39, 0.29) is 5.91 Å². The molecule has 106 valence electrons. The number of rotatable bonds is 8. The van der Waals surface area contributed by atoms with Crippen molar-refractivity contribution in [2.75, 3.05) is 18.4 Å². The molecule has 1 aromatic rings. The van der Waals surface area contributed by atoms with E-state index >= 15 is 0 Å². The first-order valence-corrected chi connectivity index (χ1v) is 6.94. The summed E-state index contributed by atoms with van der Waals surface area (Å²) < 4.78 is 0. The molecule has 1 rings (SSSR count). The number of nitrogens with zero attached hydrogens (tertiary/aromatic N) is 2. The van der Waals surface area contributed by atoms with Gasteiger partial charge in [0.15, 0.2) is 0 Å². The van der Waals surface area contributed by atoms with E-state index in [0.717, 1.165) is 37.2 Å². The Kier molecular flexibility index (Phi) is 6.85. The van der Waals surface area contributed by atoms with Gasteiger partial charge in [0.25, 0.3) is 0 Å². The molecular formula is C14H24N4O. The van der Waals surface area contributed by atoms with Crippen LogP contribution < -0.4 is 10.6 Å². The molecule has 1 heterocycles. The van der Waals surface area contributed by atoms with Crippen LogP contribution in [0.2, 0.25) is 0 Å². The molecule has 0 atom stereocenters. The molecule has 0 unspecified atom stereocenters. The van der Waals surface area contributed by atoms with Gasteiger partial charge in [-0.05, 0) is 32.8 Å². The van der Waals surface area contributed by atoms with E-state index in [2.05, 4.69) is 27.5 Å². The predicted molar refractivity (Wildman–Crippen MR) is 77.1 cm³/mol. The van der Waals surface area contributed by atoms with Crippen LogP contribution in [0.3, 0.4) is 0 Å². The molecule has 5 nitrogen and oxygen atoms in total. The van der Waals surface area contributed by atoms with Crippen molar-refractivity contribution in [3.05, 3.63) is 17.5 Å². The van der Waals surface area contributed by atoms with Crippen LogP contribution in [0, 0.1) is 13.8 Å². The van der Waals surface area contributed by atoms with Crippen molar-refractivity contribution in [1.82, 2.24) is 15.3 Å². The van der Waals surface area contributed by atoms with Crippen LogP contribution in [0.25, 0.3) is 0 Å². The Bertz CT molecular complexity index is 386. The summed E-state index contributed by atoms with van der Waals surface area (Å²) >= 11 is 0. The number of hydrogen-bond donors (Lipinski definition) is 2. The molecule has 1 amide bonds. The van der Waals surface area contributed by atoms with Gasteiger partial charge in [-0.3, -0.25) is 4.79 Å². The maximum Gasteiger partial charge on any atom is 0.223 e. The molecule has 19 heavy (non-hydrogen) atoms. The summed E-state index contributed by atoms with van der Waals surface area (Å²) in [7, 11) is 0. The van der Waals surface area contributed by atoms with Gasteiger partial charge >= 0.3 is 0 Å². The topological polar surface area (TPSA) is 66.9 Å². The van der Waals surface area contributed by atoms with E-state index in [4.69, 9.17) is 0 Å². The zero-order valence-corrected chi connectivity index (χ0v) is 12.1. The Morgan fingerprint density at radius 3 is 2.47 bits per heavy atom. The van der Waals surface area contributed by atoms with Gasteiger partial charge < -0.3 is 10.6 Å². The smallest absolute Gasteiger partial charge is 0.223 e. The Morgan fingerprint density at radius 2 is 1.84 bits per heavy atom. The van der Waals surface area contributed by atoms with E-state index < -0.39 is 0 Å². The van der Waals surface area contributed by atoms with Crippen LogP contribution in [0.4, 0.5) is 5.95 Å². The average Bonchev–Trinajstić information content (AvgIpc) is 2.34. The summed E-state index contributed by atoms with van der Waals surface area (Å²) in [5.74, 6) is 0.764. The lowest BCUT2D eigenvalue weighted by Crippen LogP contribution is -2.24. The number of carbonyl (C=O) groups is 1. The molecule has 0 spiro atoms. The minimum absolute atomic E-state index is 0.122. The average molecular weight is 264 g/mol. The van der Waals surface area contributed by atoms with E-state index in [9.17, 15) is 4.79 Å². The first kappa shape index (κ1) is 15.4. The summed E-state index contributed by atoms with van der Waals surface area (Å²) in [6.07, 6.45) is 3.47. The molecule has 1 aromatic heterocycles. The maximum absolute atomic E-state index is 11.5. The number of hydrogen-bond acceptors (Lipinski definition) is 4. The highest BCUT2D eigenvalue weighted by atomic mass is 16.1. The quantitative estimate of drug-likeness (QED) is 0.706. The number of aryl methyl sites for hydroxylation is 2. The zero-order valence-electron chi connectivity index (χ0n) is 12.1. The molecule has 0 aliphatic rings. The first-order valence-electron chi connectivity index (χ1n) is 6.94. The number of aromatic nitrogens is 2. The molecule has 0 bridgehead atoms. The molecule has 2 N–H and O–H groups in total. The van der Waals surface area contributed by atoms with Crippen LogP contribution in [0.5, 0.6) is 0 Å². The minimum Gasteiger partial charge on any atom is -0.356 e. The van der Waals surface area contributed by atoms with Gasteiger partial charge in [0.05, 0.1) is 0 Å². The van der Waals surface area contributed by atoms with Gasteiger partial charge in [-0.25, -0.2) is 9.97 Å². The van der Waals surface area contributed by atoms with Gasteiger partial charge in [-0.2, -0.15) is 0 Å². The zero-order chi connectivity index (χ0) is 14.1. The van der Waals surface area contributed by atoms with E-state index in [0.29, 0.717) is 18.9 Å². The summed E-state index contributed by atoms with van der Waals surface area (Å²) in [5, 5.41) is 6.05. The fourth-order valence-electron chi connectivity index (χ4n) is 1.75. The second-order valence-electron chi connectivity index (χ2n) is 4.71. The highest BCUT2D eigenvalue weighted by Crippen LogP contribution is 2.03. The number of amides is 1. The van der Waals surface area contributed by atoms with Crippen LogP contribution in [-0.2, 0) is 4.79 Å². The van der Waals surface area contributed by atoms with Gasteiger partial charge in [0.1, 0.15) is 0 Å². The fraction of sp³-hybridized carbons (Fsp3) is 0.643. The standard InChI is InChI=1S/C14H24N4O/c1-4-5-8-15-13(19)7-6-9-16-14-17-11(2)10-12(3)18-14/h10H,4-9H2,1-3H3,(H,15,19)(H,16,17,18). The fourth-order valence-corrected chi connectivity index (χ4v) is 1.75. The lowest BCUT2D eigenvalue weighted by molar-refractivity contribution is -0.121. The van der Waals surface area contributed by atoms with Gasteiger partial charge in [0.2, 0.25) is 11.9 Å². The van der Waals surface area contributed by atoms with Gasteiger partial charge in [-0.1, -0.05) is 13.3 Å². The van der Waals surface area contributed by atoms with Crippen molar-refractivity contribution in [2.24, 2.45) is 0 Å². The SMILES string of the molecule is CCCCNC(=O)CCCNc1nc(C)cc(C)n1. The molecule has 5 heteroatoms. The predicted octanol–water partition coefficient (Wildman–Crippen LogP) is 2.20. The highest BCUT2D eigenvalue weighted by Gasteiger charge is 2.01. The normalized spacial score (nSPS) is 10.3. The molecule has 0 aromatic carbocycles. The summed E-state index contributed by atoms with van der Waals surface area (Å²) in [5.41, 5.74) is 1.90. The number of anilines is 1. The van der Waals surface area contributed by atoms with Crippen molar-refractivity contribution in [2.45, 2.75) is 46.5 Å². The molecule has 0 radical (unpaired) electrons. The molecular weight excluding hydrogens is 240 g/mol. The molecule has 0 fully saturated rings. The van der Waals surface area contributed by atoms with E-state index in [1.165, 1.54) is 0 Å². The third kappa shape index (κ3) is 6.74. The molecule has 0 saturated carbocycles. The molecule has 0 aliphatic carbocycles. The summed E-state index contributed by atoms with van der Waals surface area (Å²) in [6.45, 7) is 7.50. The Labute approximate surface area is 115 Å². The largest absolute Gasteiger partial charge is 0.356 e. The molecule has 0 saturated heterocycles.